The van der Waals surface area contributed by atoms with E-state index in [2.05, 4.69) is 10.3 Å². The van der Waals surface area contributed by atoms with Crippen molar-refractivity contribution in [2.45, 2.75) is 6.10 Å². The molecule has 0 saturated heterocycles. The molecular weight excluding hydrogens is 260 g/mol. The van der Waals surface area contributed by atoms with E-state index in [-0.39, 0.29) is 12.5 Å². The van der Waals surface area contributed by atoms with Gasteiger partial charge in [0.15, 0.2) is 0 Å². The zero-order valence-corrected chi connectivity index (χ0v) is 11.0. The number of carbonyl (C=O) groups excluding carboxylic acids is 1. The molecule has 1 unspecified atom stereocenters. The minimum absolute atomic E-state index is 0.145. The number of pyridine rings is 1. The molecule has 4 nitrogen and oxygen atoms in total. The Labute approximate surface area is 116 Å². The first-order valence-electron chi connectivity index (χ1n) is 5.87. The molecule has 1 aromatic carbocycles. The summed E-state index contributed by atoms with van der Waals surface area (Å²) in [7, 11) is 0. The second-order valence-electron chi connectivity index (χ2n) is 4.05. The van der Waals surface area contributed by atoms with E-state index in [4.69, 9.17) is 12.2 Å². The van der Waals surface area contributed by atoms with E-state index in [0.717, 1.165) is 5.56 Å². The lowest BCUT2D eigenvalue weighted by atomic mass is 10.1. The molecule has 1 heterocycles. The Hall–Kier alpha value is -1.98. The largest absolute Gasteiger partial charge is 0.387 e. The average molecular weight is 274 g/mol. The number of hydrogen-bond donors (Lipinski definition) is 3. The molecule has 0 bridgehead atoms. The van der Waals surface area contributed by atoms with Gasteiger partial charge in [-0.25, -0.2) is 0 Å². The van der Waals surface area contributed by atoms with Crippen LogP contribution in [0.4, 0.5) is 0 Å². The van der Waals surface area contributed by atoms with Gasteiger partial charge in [-0.05, 0) is 17.7 Å². The van der Waals surface area contributed by atoms with Crippen LogP contribution in [0.1, 0.15) is 22.0 Å². The molecule has 2 rings (SSSR count). The van der Waals surface area contributed by atoms with E-state index in [9.17, 15) is 9.90 Å². The third kappa shape index (κ3) is 3.49. The maximum Gasteiger partial charge on any atom is 0.254 e. The van der Waals surface area contributed by atoms with Crippen LogP contribution < -0.4 is 5.32 Å². The van der Waals surface area contributed by atoms with Crippen molar-refractivity contribution >= 4 is 18.1 Å². The number of aromatic nitrogens is 1. The first-order chi connectivity index (χ1) is 9.18. The fourth-order valence-corrected chi connectivity index (χ4v) is 1.91. The van der Waals surface area contributed by atoms with E-state index in [1.54, 1.807) is 18.3 Å². The lowest BCUT2D eigenvalue weighted by Gasteiger charge is -2.12. The van der Waals surface area contributed by atoms with Gasteiger partial charge in [0.25, 0.3) is 5.91 Å². The Morgan fingerprint density at radius 3 is 2.68 bits per heavy atom. The molecule has 3 N–H and O–H groups in total. The first kappa shape index (κ1) is 13.5. The van der Waals surface area contributed by atoms with Crippen LogP contribution in [0.2, 0.25) is 0 Å². The maximum absolute atomic E-state index is 11.9. The van der Waals surface area contributed by atoms with Gasteiger partial charge in [0.1, 0.15) is 4.64 Å². The SMILES string of the molecule is O=C(NCC(O)c1ccccc1)c1ccc[nH]c1=S. The summed E-state index contributed by atoms with van der Waals surface area (Å²) in [6.07, 6.45) is 0.934. The van der Waals surface area contributed by atoms with Crippen molar-refractivity contribution in [3.8, 4) is 0 Å². The van der Waals surface area contributed by atoms with Gasteiger partial charge in [0.05, 0.1) is 11.7 Å². The third-order valence-corrected chi connectivity index (χ3v) is 3.04. The van der Waals surface area contributed by atoms with Gasteiger partial charge in [-0.3, -0.25) is 4.79 Å². The number of carbonyl (C=O) groups is 1. The van der Waals surface area contributed by atoms with E-state index < -0.39 is 6.10 Å². The Balaban J connectivity index is 1.98. The standard InChI is InChI=1S/C14H14N2O2S/c17-12(10-5-2-1-3-6-10)9-16-13(18)11-7-4-8-15-14(11)19/h1-8,12,17H,9H2,(H,15,19)(H,16,18). The predicted octanol–water partition coefficient (Wildman–Crippen LogP) is 2.21. The summed E-state index contributed by atoms with van der Waals surface area (Å²) >= 11 is 5.02. The summed E-state index contributed by atoms with van der Waals surface area (Å²) in [5.74, 6) is -0.295. The molecule has 19 heavy (non-hydrogen) atoms. The normalized spacial score (nSPS) is 11.8. The number of nitrogens with one attached hydrogen (secondary N) is 2. The van der Waals surface area contributed by atoms with Gasteiger partial charge in [-0.15, -0.1) is 0 Å². The topological polar surface area (TPSA) is 65.1 Å². The Morgan fingerprint density at radius 2 is 2.00 bits per heavy atom. The molecule has 0 fully saturated rings. The van der Waals surface area contributed by atoms with Crippen molar-refractivity contribution < 1.29 is 9.90 Å². The Kier molecular flexibility index (Phi) is 4.43. The van der Waals surface area contributed by atoms with Gasteiger partial charge >= 0.3 is 0 Å². The highest BCUT2D eigenvalue weighted by atomic mass is 32.1. The zero-order valence-electron chi connectivity index (χ0n) is 10.2. The molecule has 0 saturated carbocycles. The van der Waals surface area contributed by atoms with Crippen LogP contribution in [0.25, 0.3) is 0 Å². The number of amides is 1. The molecule has 2 aromatic rings. The highest BCUT2D eigenvalue weighted by Crippen LogP contribution is 2.10. The maximum atomic E-state index is 11.9. The van der Waals surface area contributed by atoms with Crippen LogP contribution in [0.3, 0.4) is 0 Å². The van der Waals surface area contributed by atoms with Crippen LogP contribution in [0, 0.1) is 4.64 Å². The minimum Gasteiger partial charge on any atom is -0.387 e. The number of rotatable bonds is 4. The van der Waals surface area contributed by atoms with Crippen LogP contribution in [0.5, 0.6) is 0 Å². The number of benzene rings is 1. The van der Waals surface area contributed by atoms with Crippen LogP contribution in [0.15, 0.2) is 48.7 Å². The lowest BCUT2D eigenvalue weighted by molar-refractivity contribution is 0.0915. The lowest BCUT2D eigenvalue weighted by Crippen LogP contribution is -2.28. The molecule has 0 aliphatic rings. The van der Waals surface area contributed by atoms with Gasteiger partial charge in [-0.2, -0.15) is 0 Å². The van der Waals surface area contributed by atoms with Gasteiger partial charge in [0, 0.05) is 12.7 Å². The highest BCUT2D eigenvalue weighted by Gasteiger charge is 2.11. The second-order valence-corrected chi connectivity index (χ2v) is 4.46. The smallest absolute Gasteiger partial charge is 0.254 e. The van der Waals surface area contributed by atoms with Gasteiger partial charge in [-0.1, -0.05) is 42.5 Å². The van der Waals surface area contributed by atoms with Crippen molar-refractivity contribution in [3.63, 3.8) is 0 Å². The molecule has 1 aromatic heterocycles. The minimum atomic E-state index is -0.730. The zero-order chi connectivity index (χ0) is 13.7. The van der Waals surface area contributed by atoms with Crippen molar-refractivity contribution in [3.05, 3.63) is 64.4 Å². The highest BCUT2D eigenvalue weighted by molar-refractivity contribution is 7.71. The summed E-state index contributed by atoms with van der Waals surface area (Å²) in [4.78, 5) is 14.7. The summed E-state index contributed by atoms with van der Waals surface area (Å²) < 4.78 is 0.384. The number of aromatic amines is 1. The van der Waals surface area contributed by atoms with Crippen molar-refractivity contribution in [2.24, 2.45) is 0 Å². The quantitative estimate of drug-likeness (QED) is 0.749. The number of aliphatic hydroxyl groups is 1. The fraction of sp³-hybridized carbons (Fsp3) is 0.143. The van der Waals surface area contributed by atoms with Crippen LogP contribution >= 0.6 is 12.2 Å². The average Bonchev–Trinajstić information content (AvgIpc) is 2.46. The molecule has 5 heteroatoms. The third-order valence-electron chi connectivity index (χ3n) is 2.70. The summed E-state index contributed by atoms with van der Waals surface area (Å²) in [6, 6.07) is 12.5. The molecule has 0 aliphatic carbocycles. The van der Waals surface area contributed by atoms with E-state index >= 15 is 0 Å². The second kappa shape index (κ2) is 6.26. The number of hydrogen-bond acceptors (Lipinski definition) is 3. The van der Waals surface area contributed by atoms with Crippen LogP contribution in [-0.2, 0) is 0 Å². The molecule has 0 aliphatic heterocycles. The van der Waals surface area contributed by atoms with E-state index in [1.807, 2.05) is 30.3 Å². The molecular formula is C14H14N2O2S. The molecule has 1 amide bonds. The van der Waals surface area contributed by atoms with Crippen molar-refractivity contribution in [1.82, 2.24) is 10.3 Å². The molecule has 98 valence electrons. The summed E-state index contributed by atoms with van der Waals surface area (Å²) in [5.41, 5.74) is 1.17. The number of aliphatic hydroxyl groups excluding tert-OH is 1. The molecule has 1 atom stereocenters. The molecule has 0 radical (unpaired) electrons. The van der Waals surface area contributed by atoms with Gasteiger partial charge in [0.2, 0.25) is 0 Å². The van der Waals surface area contributed by atoms with E-state index in [1.165, 1.54) is 0 Å². The summed E-state index contributed by atoms with van der Waals surface area (Å²) in [6.45, 7) is 0.145. The predicted molar refractivity (Wildman–Crippen MR) is 75.4 cm³/mol. The Bertz CT molecular complexity index is 610. The number of H-pyrrole nitrogens is 1. The Morgan fingerprint density at radius 1 is 1.26 bits per heavy atom. The van der Waals surface area contributed by atoms with Crippen molar-refractivity contribution in [2.75, 3.05) is 6.54 Å². The molecule has 0 spiro atoms. The summed E-state index contributed by atoms with van der Waals surface area (Å²) in [5, 5.41) is 12.6. The van der Waals surface area contributed by atoms with Gasteiger partial charge < -0.3 is 15.4 Å². The van der Waals surface area contributed by atoms with Crippen molar-refractivity contribution in [1.29, 1.82) is 0 Å². The first-order valence-corrected chi connectivity index (χ1v) is 6.28. The monoisotopic (exact) mass is 274 g/mol. The fourth-order valence-electron chi connectivity index (χ4n) is 1.68. The van der Waals surface area contributed by atoms with E-state index in [0.29, 0.717) is 10.2 Å². The van der Waals surface area contributed by atoms with Crippen LogP contribution in [-0.4, -0.2) is 22.5 Å².